The van der Waals surface area contributed by atoms with E-state index in [0.717, 1.165) is 4.90 Å². The summed E-state index contributed by atoms with van der Waals surface area (Å²) < 4.78 is 5.48. The minimum Gasteiger partial charge on any atom is -0.492 e. The van der Waals surface area contributed by atoms with Crippen molar-refractivity contribution < 1.29 is 19.1 Å². The molecule has 0 radical (unpaired) electrons. The number of hydrogen-bond acceptors (Lipinski definition) is 4. The van der Waals surface area contributed by atoms with Gasteiger partial charge in [-0.15, -0.1) is 0 Å². The molecule has 2 aromatic rings. The molecule has 1 aliphatic heterocycles. The zero-order chi connectivity index (χ0) is 21.0. The van der Waals surface area contributed by atoms with Gasteiger partial charge >= 0.3 is 6.03 Å². The number of ether oxygens (including phenoxy) is 1. The van der Waals surface area contributed by atoms with Crippen LogP contribution in [0.2, 0.25) is 5.02 Å². The standard InChI is InChI=1S/C21H22ClN3O4/c1-3-21(14-9-11-15(22)12-10-14)19(27)25(20(28)24-21)13-18(26)23-16-7-5-6-8-17(16)29-4-2/h5-12H,3-4,13H2,1-2H3,(H,23,26)(H,24,28)/t21-/m1/s1. The first-order valence-corrected chi connectivity index (χ1v) is 9.71. The van der Waals surface area contributed by atoms with E-state index < -0.39 is 29.9 Å². The molecule has 29 heavy (non-hydrogen) atoms. The Morgan fingerprint density at radius 2 is 1.83 bits per heavy atom. The molecule has 1 saturated heterocycles. The Morgan fingerprint density at radius 3 is 2.48 bits per heavy atom. The molecule has 0 aliphatic carbocycles. The van der Waals surface area contributed by atoms with Gasteiger partial charge in [0.1, 0.15) is 17.8 Å². The molecule has 2 N–H and O–H groups in total. The maximum Gasteiger partial charge on any atom is 0.325 e. The van der Waals surface area contributed by atoms with Crippen molar-refractivity contribution in [2.24, 2.45) is 0 Å². The summed E-state index contributed by atoms with van der Waals surface area (Å²) in [6, 6.07) is 13.1. The third-order valence-corrected chi connectivity index (χ3v) is 5.06. The second-order valence-corrected chi connectivity index (χ2v) is 7.00. The summed E-state index contributed by atoms with van der Waals surface area (Å²) >= 11 is 5.94. The van der Waals surface area contributed by atoms with Crippen LogP contribution in [0.25, 0.3) is 0 Å². The molecule has 0 bridgehead atoms. The van der Waals surface area contributed by atoms with Crippen LogP contribution in [0.4, 0.5) is 10.5 Å². The molecule has 0 unspecified atom stereocenters. The van der Waals surface area contributed by atoms with Crippen molar-refractivity contribution in [3.8, 4) is 5.75 Å². The number of para-hydroxylation sites is 2. The molecule has 1 heterocycles. The number of imide groups is 1. The number of hydrogen-bond donors (Lipinski definition) is 2. The van der Waals surface area contributed by atoms with Crippen LogP contribution in [-0.2, 0) is 15.1 Å². The third kappa shape index (κ3) is 4.05. The van der Waals surface area contributed by atoms with Crippen LogP contribution >= 0.6 is 11.6 Å². The third-order valence-electron chi connectivity index (χ3n) is 4.81. The Bertz CT molecular complexity index is 932. The zero-order valence-electron chi connectivity index (χ0n) is 16.2. The molecule has 0 saturated carbocycles. The fourth-order valence-corrected chi connectivity index (χ4v) is 3.45. The number of carbonyl (C=O) groups excluding carboxylic acids is 3. The van der Waals surface area contributed by atoms with Crippen molar-refractivity contribution in [3.05, 3.63) is 59.1 Å². The van der Waals surface area contributed by atoms with Gasteiger partial charge < -0.3 is 15.4 Å². The van der Waals surface area contributed by atoms with Gasteiger partial charge in [0.05, 0.1) is 12.3 Å². The summed E-state index contributed by atoms with van der Waals surface area (Å²) in [6.45, 7) is 3.68. The highest BCUT2D eigenvalue weighted by molar-refractivity contribution is 6.30. The molecule has 1 fully saturated rings. The molecule has 2 aromatic carbocycles. The smallest absolute Gasteiger partial charge is 0.325 e. The summed E-state index contributed by atoms with van der Waals surface area (Å²) in [5.41, 5.74) is -0.122. The Balaban J connectivity index is 1.78. The summed E-state index contributed by atoms with van der Waals surface area (Å²) in [6.07, 6.45) is 0.338. The average molecular weight is 416 g/mol. The molecule has 4 amide bonds. The molecular weight excluding hydrogens is 394 g/mol. The van der Waals surface area contributed by atoms with Gasteiger partial charge in [0.25, 0.3) is 5.91 Å². The molecule has 1 aliphatic rings. The van der Waals surface area contributed by atoms with Gasteiger partial charge in [-0.3, -0.25) is 14.5 Å². The number of nitrogens with zero attached hydrogens (tertiary/aromatic N) is 1. The lowest BCUT2D eigenvalue weighted by Gasteiger charge is -2.25. The van der Waals surface area contributed by atoms with E-state index in [1.54, 1.807) is 55.5 Å². The van der Waals surface area contributed by atoms with E-state index >= 15 is 0 Å². The van der Waals surface area contributed by atoms with Crippen molar-refractivity contribution in [3.63, 3.8) is 0 Å². The molecule has 1 atom stereocenters. The molecular formula is C21H22ClN3O4. The summed E-state index contributed by atoms with van der Waals surface area (Å²) in [4.78, 5) is 39.1. The maximum atomic E-state index is 13.1. The summed E-state index contributed by atoms with van der Waals surface area (Å²) in [5, 5.41) is 5.97. The summed E-state index contributed by atoms with van der Waals surface area (Å²) in [5.74, 6) is -0.450. The predicted octanol–water partition coefficient (Wildman–Crippen LogP) is 3.53. The van der Waals surface area contributed by atoms with Crippen LogP contribution in [0.1, 0.15) is 25.8 Å². The molecule has 0 aromatic heterocycles. The van der Waals surface area contributed by atoms with E-state index in [1.165, 1.54) is 0 Å². The summed E-state index contributed by atoms with van der Waals surface area (Å²) in [7, 11) is 0. The lowest BCUT2D eigenvalue weighted by atomic mass is 9.87. The molecule has 152 valence electrons. The predicted molar refractivity (Wildman–Crippen MR) is 110 cm³/mol. The first-order chi connectivity index (χ1) is 13.9. The van der Waals surface area contributed by atoms with Crippen molar-refractivity contribution in [1.29, 1.82) is 0 Å². The van der Waals surface area contributed by atoms with Gasteiger partial charge in [0.15, 0.2) is 0 Å². The van der Waals surface area contributed by atoms with E-state index in [-0.39, 0.29) is 0 Å². The van der Waals surface area contributed by atoms with E-state index in [4.69, 9.17) is 16.3 Å². The lowest BCUT2D eigenvalue weighted by molar-refractivity contribution is -0.134. The topological polar surface area (TPSA) is 87.7 Å². The number of anilines is 1. The Hall–Kier alpha value is -3.06. The van der Waals surface area contributed by atoms with Crippen LogP contribution < -0.4 is 15.4 Å². The van der Waals surface area contributed by atoms with Crippen molar-refractivity contribution >= 4 is 35.1 Å². The van der Waals surface area contributed by atoms with Crippen molar-refractivity contribution in [2.45, 2.75) is 25.8 Å². The van der Waals surface area contributed by atoms with Gasteiger partial charge in [-0.05, 0) is 43.2 Å². The van der Waals surface area contributed by atoms with Gasteiger partial charge in [0, 0.05) is 5.02 Å². The monoisotopic (exact) mass is 415 g/mol. The van der Waals surface area contributed by atoms with E-state index in [1.807, 2.05) is 6.92 Å². The molecule has 3 rings (SSSR count). The van der Waals surface area contributed by atoms with Crippen molar-refractivity contribution in [2.75, 3.05) is 18.5 Å². The minimum atomic E-state index is -1.22. The minimum absolute atomic E-state index is 0.338. The van der Waals surface area contributed by atoms with Gasteiger partial charge in [0.2, 0.25) is 5.91 Å². The van der Waals surface area contributed by atoms with Crippen LogP contribution in [0.5, 0.6) is 5.75 Å². The normalized spacial score (nSPS) is 18.5. The Labute approximate surface area is 174 Å². The quantitative estimate of drug-likeness (QED) is 0.677. The first-order valence-electron chi connectivity index (χ1n) is 9.33. The van der Waals surface area contributed by atoms with Gasteiger partial charge in [-0.25, -0.2) is 4.79 Å². The van der Waals surface area contributed by atoms with Crippen LogP contribution in [0, 0.1) is 0 Å². The van der Waals surface area contributed by atoms with Crippen LogP contribution in [-0.4, -0.2) is 35.9 Å². The van der Waals surface area contributed by atoms with E-state index in [0.29, 0.717) is 35.1 Å². The van der Waals surface area contributed by atoms with Crippen molar-refractivity contribution in [1.82, 2.24) is 10.2 Å². The number of nitrogens with one attached hydrogen (secondary N) is 2. The fourth-order valence-electron chi connectivity index (χ4n) is 3.33. The second-order valence-electron chi connectivity index (χ2n) is 6.56. The number of rotatable bonds is 7. The maximum absolute atomic E-state index is 13.1. The number of benzene rings is 2. The van der Waals surface area contributed by atoms with E-state index in [9.17, 15) is 14.4 Å². The molecule has 8 heteroatoms. The molecule has 7 nitrogen and oxygen atoms in total. The largest absolute Gasteiger partial charge is 0.492 e. The average Bonchev–Trinajstić information content (AvgIpc) is 2.95. The SMILES string of the molecule is CCOc1ccccc1NC(=O)CN1C(=O)N[C@](CC)(c2ccc(Cl)cc2)C1=O. The highest BCUT2D eigenvalue weighted by atomic mass is 35.5. The zero-order valence-corrected chi connectivity index (χ0v) is 17.0. The number of carbonyl (C=O) groups is 3. The Kier molecular flexibility index (Phi) is 6.08. The second kappa shape index (κ2) is 8.53. The number of urea groups is 1. The highest BCUT2D eigenvalue weighted by Crippen LogP contribution is 2.33. The van der Waals surface area contributed by atoms with E-state index in [2.05, 4.69) is 10.6 Å². The van der Waals surface area contributed by atoms with Crippen LogP contribution in [0.15, 0.2) is 48.5 Å². The van der Waals surface area contributed by atoms with Gasteiger partial charge in [-0.2, -0.15) is 0 Å². The molecule has 0 spiro atoms. The van der Waals surface area contributed by atoms with Gasteiger partial charge in [-0.1, -0.05) is 42.8 Å². The first kappa shape index (κ1) is 20.7. The van der Waals surface area contributed by atoms with Crippen LogP contribution in [0.3, 0.4) is 0 Å². The lowest BCUT2D eigenvalue weighted by Crippen LogP contribution is -2.44. The number of halogens is 1. The number of amides is 4. The fraction of sp³-hybridized carbons (Fsp3) is 0.286. The highest BCUT2D eigenvalue weighted by Gasteiger charge is 2.51. The Morgan fingerprint density at radius 1 is 1.14 bits per heavy atom.